The number of carbonyl (C=O) groups excluding carboxylic acids is 1. The summed E-state index contributed by atoms with van der Waals surface area (Å²) in [7, 11) is 0. The number of halogens is 3. The Labute approximate surface area is 115 Å². The lowest BCUT2D eigenvalue weighted by molar-refractivity contribution is -0.137. The third-order valence-corrected chi connectivity index (χ3v) is 3.60. The monoisotopic (exact) mass is 286 g/mol. The van der Waals surface area contributed by atoms with Gasteiger partial charge in [0.2, 0.25) is 0 Å². The van der Waals surface area contributed by atoms with Crippen LogP contribution < -0.4 is 5.73 Å². The van der Waals surface area contributed by atoms with Gasteiger partial charge in [-0.1, -0.05) is 6.07 Å². The Morgan fingerprint density at radius 2 is 2.10 bits per heavy atom. The molecule has 0 aliphatic carbocycles. The van der Waals surface area contributed by atoms with Crippen molar-refractivity contribution >= 4 is 5.91 Å². The summed E-state index contributed by atoms with van der Waals surface area (Å²) in [5, 5.41) is 0. The van der Waals surface area contributed by atoms with Crippen molar-refractivity contribution in [2.45, 2.75) is 31.5 Å². The van der Waals surface area contributed by atoms with E-state index in [0.717, 1.165) is 31.4 Å². The Bertz CT molecular complexity index is 488. The normalized spacial score (nSPS) is 20.0. The van der Waals surface area contributed by atoms with Gasteiger partial charge in [0.05, 0.1) is 5.56 Å². The van der Waals surface area contributed by atoms with Gasteiger partial charge in [-0.15, -0.1) is 0 Å². The minimum Gasteiger partial charge on any atom is -0.334 e. The van der Waals surface area contributed by atoms with Gasteiger partial charge >= 0.3 is 6.18 Å². The van der Waals surface area contributed by atoms with Gasteiger partial charge in [-0.2, -0.15) is 13.2 Å². The first-order chi connectivity index (χ1) is 9.43. The quantitative estimate of drug-likeness (QED) is 0.908. The van der Waals surface area contributed by atoms with Crippen molar-refractivity contribution in [2.24, 2.45) is 5.73 Å². The zero-order chi connectivity index (χ0) is 14.8. The van der Waals surface area contributed by atoms with E-state index in [1.807, 2.05) is 0 Å². The molecule has 0 radical (unpaired) electrons. The highest BCUT2D eigenvalue weighted by atomic mass is 19.4. The molecule has 1 amide bonds. The summed E-state index contributed by atoms with van der Waals surface area (Å²) in [5.41, 5.74) is 4.90. The van der Waals surface area contributed by atoms with Crippen LogP contribution in [0.25, 0.3) is 0 Å². The number of rotatable bonds is 2. The molecule has 6 heteroatoms. The van der Waals surface area contributed by atoms with Gasteiger partial charge in [0.1, 0.15) is 0 Å². The number of nitrogens with zero attached hydrogens (tertiary/aromatic N) is 1. The van der Waals surface area contributed by atoms with Crippen LogP contribution in [0.4, 0.5) is 13.2 Å². The predicted molar refractivity (Wildman–Crippen MR) is 69.2 cm³/mol. The molecule has 1 aliphatic heterocycles. The van der Waals surface area contributed by atoms with Crippen molar-refractivity contribution in [3.05, 3.63) is 35.4 Å². The molecule has 0 aromatic heterocycles. The largest absolute Gasteiger partial charge is 0.416 e. The summed E-state index contributed by atoms with van der Waals surface area (Å²) in [6, 6.07) is 4.47. The number of hydrogen-bond donors (Lipinski definition) is 1. The Morgan fingerprint density at radius 1 is 1.35 bits per heavy atom. The van der Waals surface area contributed by atoms with Crippen LogP contribution in [0.1, 0.15) is 35.2 Å². The van der Waals surface area contributed by atoms with E-state index >= 15 is 0 Å². The summed E-state index contributed by atoms with van der Waals surface area (Å²) in [5.74, 6) is -0.369. The molecule has 1 unspecified atom stereocenters. The fourth-order valence-corrected chi connectivity index (χ4v) is 2.51. The summed E-state index contributed by atoms with van der Waals surface area (Å²) in [6.07, 6.45) is -1.78. The average molecular weight is 286 g/mol. The molecule has 0 spiro atoms. The number of benzene rings is 1. The summed E-state index contributed by atoms with van der Waals surface area (Å²) in [4.78, 5) is 13.9. The summed E-state index contributed by atoms with van der Waals surface area (Å²) in [6.45, 7) is 0.891. The van der Waals surface area contributed by atoms with E-state index in [9.17, 15) is 18.0 Å². The number of piperidine rings is 1. The van der Waals surface area contributed by atoms with Gasteiger partial charge in [0, 0.05) is 24.7 Å². The molecule has 1 aliphatic rings. The molecule has 0 saturated carbocycles. The standard InChI is InChI=1S/C14H17F3N2O/c15-14(16,17)11-5-3-4-10(8-11)13(20)19-7-2-1-6-12(19)9-18/h3-5,8,12H,1-2,6-7,9,18H2. The highest BCUT2D eigenvalue weighted by Crippen LogP contribution is 2.30. The third kappa shape index (κ3) is 3.12. The fourth-order valence-electron chi connectivity index (χ4n) is 2.51. The maximum atomic E-state index is 12.7. The molecule has 1 aromatic rings. The molecule has 1 aromatic carbocycles. The SMILES string of the molecule is NCC1CCCCN1C(=O)c1cccc(C(F)(F)F)c1. The minimum atomic E-state index is -4.44. The van der Waals surface area contributed by atoms with E-state index in [1.54, 1.807) is 4.90 Å². The van der Waals surface area contributed by atoms with E-state index in [-0.39, 0.29) is 17.5 Å². The third-order valence-electron chi connectivity index (χ3n) is 3.60. The number of hydrogen-bond acceptors (Lipinski definition) is 2. The van der Waals surface area contributed by atoms with E-state index in [4.69, 9.17) is 5.73 Å². The van der Waals surface area contributed by atoms with Crippen molar-refractivity contribution in [3.63, 3.8) is 0 Å². The lowest BCUT2D eigenvalue weighted by Crippen LogP contribution is -2.47. The first-order valence-electron chi connectivity index (χ1n) is 6.62. The molecule has 1 fully saturated rings. The Morgan fingerprint density at radius 3 is 2.75 bits per heavy atom. The second-order valence-electron chi connectivity index (χ2n) is 4.96. The van der Waals surface area contributed by atoms with Crippen LogP contribution in [0.5, 0.6) is 0 Å². The number of carbonyl (C=O) groups is 1. The van der Waals surface area contributed by atoms with Crippen LogP contribution in [0.3, 0.4) is 0 Å². The molecule has 2 rings (SSSR count). The maximum absolute atomic E-state index is 12.7. The number of amides is 1. The van der Waals surface area contributed by atoms with Crippen LogP contribution in [0.2, 0.25) is 0 Å². The van der Waals surface area contributed by atoms with E-state index < -0.39 is 11.7 Å². The van der Waals surface area contributed by atoms with Gasteiger partial charge in [0.25, 0.3) is 5.91 Å². The van der Waals surface area contributed by atoms with Crippen molar-refractivity contribution in [1.29, 1.82) is 0 Å². The van der Waals surface area contributed by atoms with Crippen molar-refractivity contribution in [3.8, 4) is 0 Å². The van der Waals surface area contributed by atoms with Gasteiger partial charge in [0.15, 0.2) is 0 Å². The van der Waals surface area contributed by atoms with Crippen LogP contribution in [0, 0.1) is 0 Å². The smallest absolute Gasteiger partial charge is 0.334 e. The molecular weight excluding hydrogens is 269 g/mol. The molecule has 3 nitrogen and oxygen atoms in total. The van der Waals surface area contributed by atoms with Gasteiger partial charge in [-0.3, -0.25) is 4.79 Å². The van der Waals surface area contributed by atoms with E-state index in [1.165, 1.54) is 12.1 Å². The topological polar surface area (TPSA) is 46.3 Å². The average Bonchev–Trinajstić information content (AvgIpc) is 2.45. The molecule has 1 heterocycles. The van der Waals surface area contributed by atoms with E-state index in [0.29, 0.717) is 13.1 Å². The lowest BCUT2D eigenvalue weighted by Gasteiger charge is -2.35. The molecule has 1 saturated heterocycles. The molecule has 0 bridgehead atoms. The second kappa shape index (κ2) is 5.83. The number of likely N-dealkylation sites (tertiary alicyclic amines) is 1. The van der Waals surface area contributed by atoms with Crippen molar-refractivity contribution in [2.75, 3.05) is 13.1 Å². The van der Waals surface area contributed by atoms with Crippen LogP contribution in [-0.2, 0) is 6.18 Å². The summed E-state index contributed by atoms with van der Waals surface area (Å²) >= 11 is 0. The first-order valence-corrected chi connectivity index (χ1v) is 6.62. The zero-order valence-corrected chi connectivity index (χ0v) is 11.0. The Hall–Kier alpha value is -1.56. The molecule has 1 atom stereocenters. The molecular formula is C14H17F3N2O. The fraction of sp³-hybridized carbons (Fsp3) is 0.500. The van der Waals surface area contributed by atoms with Crippen LogP contribution in [0.15, 0.2) is 24.3 Å². The van der Waals surface area contributed by atoms with Crippen LogP contribution >= 0.6 is 0 Å². The number of alkyl halides is 3. The van der Waals surface area contributed by atoms with Crippen molar-refractivity contribution < 1.29 is 18.0 Å². The number of nitrogens with two attached hydrogens (primary N) is 1. The van der Waals surface area contributed by atoms with Gasteiger partial charge in [-0.25, -0.2) is 0 Å². The Balaban J connectivity index is 2.24. The summed E-state index contributed by atoms with van der Waals surface area (Å²) < 4.78 is 38.0. The zero-order valence-electron chi connectivity index (χ0n) is 11.0. The van der Waals surface area contributed by atoms with Gasteiger partial charge < -0.3 is 10.6 Å². The highest BCUT2D eigenvalue weighted by Gasteiger charge is 2.32. The minimum absolute atomic E-state index is 0.0696. The predicted octanol–water partition coefficient (Wildman–Crippen LogP) is 2.66. The Kier molecular flexibility index (Phi) is 4.32. The van der Waals surface area contributed by atoms with Crippen molar-refractivity contribution in [1.82, 2.24) is 4.90 Å². The second-order valence-corrected chi connectivity index (χ2v) is 4.96. The van der Waals surface area contributed by atoms with Gasteiger partial charge in [-0.05, 0) is 37.5 Å². The maximum Gasteiger partial charge on any atom is 0.416 e. The molecule has 20 heavy (non-hydrogen) atoms. The highest BCUT2D eigenvalue weighted by molar-refractivity contribution is 5.94. The van der Waals surface area contributed by atoms with Crippen LogP contribution in [-0.4, -0.2) is 29.9 Å². The van der Waals surface area contributed by atoms with E-state index in [2.05, 4.69) is 0 Å². The molecule has 110 valence electrons. The lowest BCUT2D eigenvalue weighted by atomic mass is 10.0. The first kappa shape index (κ1) is 14.8. The molecule has 2 N–H and O–H groups in total.